The first kappa shape index (κ1) is 15.8. The standard InChI is InChI=1S/C14H25NO4S/c1-10-7-11(2)9-13(8-10)20(18,19)15-5-3-12(4-6-15)14(16)17/h10-13H,3-9H2,1-2H3,(H,16,17)/t10-,11-/m0/s1. The summed E-state index contributed by atoms with van der Waals surface area (Å²) in [4.78, 5) is 10.9. The van der Waals surface area contributed by atoms with E-state index < -0.39 is 16.0 Å². The van der Waals surface area contributed by atoms with Gasteiger partial charge in [0.05, 0.1) is 11.2 Å². The molecule has 0 amide bonds. The highest BCUT2D eigenvalue weighted by atomic mass is 32.2. The third-order valence-corrected chi connectivity index (χ3v) is 7.03. The van der Waals surface area contributed by atoms with Gasteiger partial charge >= 0.3 is 5.97 Å². The van der Waals surface area contributed by atoms with E-state index in [4.69, 9.17) is 5.11 Å². The molecule has 0 aromatic rings. The summed E-state index contributed by atoms with van der Waals surface area (Å²) in [5.41, 5.74) is 0. The van der Waals surface area contributed by atoms with Crippen LogP contribution in [0.4, 0.5) is 0 Å². The van der Waals surface area contributed by atoms with Crippen molar-refractivity contribution >= 4 is 16.0 Å². The Morgan fingerprint density at radius 1 is 1.05 bits per heavy atom. The van der Waals surface area contributed by atoms with Gasteiger partial charge in [-0.3, -0.25) is 4.79 Å². The smallest absolute Gasteiger partial charge is 0.306 e. The molecule has 1 saturated heterocycles. The quantitative estimate of drug-likeness (QED) is 0.864. The van der Waals surface area contributed by atoms with Gasteiger partial charge in [0.2, 0.25) is 10.0 Å². The van der Waals surface area contributed by atoms with Crippen molar-refractivity contribution in [1.82, 2.24) is 4.31 Å². The number of hydrogen-bond donors (Lipinski definition) is 1. The normalized spacial score (nSPS) is 34.0. The van der Waals surface area contributed by atoms with Crippen LogP contribution in [0.5, 0.6) is 0 Å². The first-order chi connectivity index (χ1) is 9.30. The van der Waals surface area contributed by atoms with E-state index in [2.05, 4.69) is 13.8 Å². The maximum absolute atomic E-state index is 12.7. The Hall–Kier alpha value is -0.620. The summed E-state index contributed by atoms with van der Waals surface area (Å²) in [5, 5.41) is 8.70. The molecule has 0 spiro atoms. The molecule has 2 rings (SSSR count). The molecule has 1 aliphatic heterocycles. The van der Waals surface area contributed by atoms with E-state index in [-0.39, 0.29) is 11.2 Å². The van der Waals surface area contributed by atoms with E-state index in [1.54, 1.807) is 0 Å². The molecule has 0 aromatic heterocycles. The summed E-state index contributed by atoms with van der Waals surface area (Å²) in [5.74, 6) is -0.280. The van der Waals surface area contributed by atoms with Gasteiger partial charge in [-0.1, -0.05) is 13.8 Å². The molecule has 0 unspecified atom stereocenters. The van der Waals surface area contributed by atoms with E-state index >= 15 is 0 Å². The van der Waals surface area contributed by atoms with Gasteiger partial charge in [-0.15, -0.1) is 0 Å². The van der Waals surface area contributed by atoms with Crippen molar-refractivity contribution in [3.63, 3.8) is 0 Å². The SMILES string of the molecule is C[C@@H]1CC(S(=O)(=O)N2CCC(C(=O)O)CC2)C[C@@H](C)C1. The molecule has 0 bridgehead atoms. The van der Waals surface area contributed by atoms with Gasteiger partial charge in [0.25, 0.3) is 0 Å². The number of rotatable bonds is 3. The average molecular weight is 303 g/mol. The van der Waals surface area contributed by atoms with Crippen LogP contribution >= 0.6 is 0 Å². The van der Waals surface area contributed by atoms with Crippen LogP contribution in [0.25, 0.3) is 0 Å². The van der Waals surface area contributed by atoms with Crippen molar-refractivity contribution in [1.29, 1.82) is 0 Å². The fourth-order valence-corrected chi connectivity index (χ4v) is 5.97. The molecule has 6 heteroatoms. The van der Waals surface area contributed by atoms with Crippen molar-refractivity contribution in [3.8, 4) is 0 Å². The van der Waals surface area contributed by atoms with Crippen LogP contribution in [0.2, 0.25) is 0 Å². The lowest BCUT2D eigenvalue weighted by atomic mass is 9.83. The number of piperidine rings is 1. The third kappa shape index (κ3) is 3.34. The van der Waals surface area contributed by atoms with Gasteiger partial charge in [-0.2, -0.15) is 0 Å². The first-order valence-corrected chi connectivity index (χ1v) is 9.02. The van der Waals surface area contributed by atoms with Crippen molar-refractivity contribution in [3.05, 3.63) is 0 Å². The zero-order valence-corrected chi connectivity index (χ0v) is 13.1. The molecule has 2 atom stereocenters. The second-order valence-electron chi connectivity index (χ2n) is 6.60. The van der Waals surface area contributed by atoms with Crippen molar-refractivity contribution < 1.29 is 18.3 Å². The van der Waals surface area contributed by atoms with Gasteiger partial charge in [0, 0.05) is 13.1 Å². The minimum atomic E-state index is -3.26. The summed E-state index contributed by atoms with van der Waals surface area (Å²) >= 11 is 0. The Morgan fingerprint density at radius 2 is 1.55 bits per heavy atom. The zero-order valence-electron chi connectivity index (χ0n) is 12.3. The van der Waals surface area contributed by atoms with Crippen LogP contribution in [-0.2, 0) is 14.8 Å². The molecule has 2 fully saturated rings. The number of hydrogen-bond acceptors (Lipinski definition) is 3. The Balaban J connectivity index is 2.02. The van der Waals surface area contributed by atoms with E-state index in [1.165, 1.54) is 4.31 Å². The molecular weight excluding hydrogens is 278 g/mol. The largest absolute Gasteiger partial charge is 0.481 e. The maximum Gasteiger partial charge on any atom is 0.306 e. The fraction of sp³-hybridized carbons (Fsp3) is 0.929. The second kappa shape index (κ2) is 6.02. The van der Waals surface area contributed by atoms with Crippen molar-refractivity contribution in [2.75, 3.05) is 13.1 Å². The van der Waals surface area contributed by atoms with E-state index in [9.17, 15) is 13.2 Å². The molecule has 5 nitrogen and oxygen atoms in total. The topological polar surface area (TPSA) is 74.7 Å². The number of carbonyl (C=O) groups is 1. The highest BCUT2D eigenvalue weighted by Gasteiger charge is 2.39. The van der Waals surface area contributed by atoms with Crippen LogP contribution in [0.3, 0.4) is 0 Å². The molecule has 1 N–H and O–H groups in total. The van der Waals surface area contributed by atoms with E-state index in [0.717, 1.165) is 19.3 Å². The lowest BCUT2D eigenvalue weighted by Gasteiger charge is -2.36. The zero-order chi connectivity index (χ0) is 14.9. The van der Waals surface area contributed by atoms with E-state index in [0.29, 0.717) is 37.8 Å². The second-order valence-corrected chi connectivity index (χ2v) is 8.81. The van der Waals surface area contributed by atoms with Gasteiger partial charge in [0.1, 0.15) is 0 Å². The minimum absolute atomic E-state index is 0.275. The molecule has 2 aliphatic rings. The maximum atomic E-state index is 12.7. The lowest BCUT2D eigenvalue weighted by Crippen LogP contribution is -2.46. The Bertz CT molecular complexity index is 444. The summed E-state index contributed by atoms with van der Waals surface area (Å²) in [6.07, 6.45) is 3.46. The van der Waals surface area contributed by atoms with Crippen LogP contribution < -0.4 is 0 Å². The number of carboxylic acid groups (broad SMARTS) is 1. The minimum Gasteiger partial charge on any atom is -0.481 e. The van der Waals surface area contributed by atoms with Crippen molar-refractivity contribution in [2.24, 2.45) is 17.8 Å². The Kier molecular flexibility index (Phi) is 4.74. The third-order valence-electron chi connectivity index (χ3n) is 4.72. The fourth-order valence-electron chi connectivity index (χ4n) is 3.68. The number of aliphatic carboxylic acids is 1. The summed E-state index contributed by atoms with van der Waals surface area (Å²) in [7, 11) is -3.26. The Morgan fingerprint density at radius 3 is 2.00 bits per heavy atom. The van der Waals surface area contributed by atoms with Gasteiger partial charge < -0.3 is 5.11 Å². The molecular formula is C14H25NO4S. The lowest BCUT2D eigenvalue weighted by molar-refractivity contribution is -0.142. The van der Waals surface area contributed by atoms with Gasteiger partial charge in [-0.05, 0) is 43.9 Å². The Labute approximate surface area is 121 Å². The number of sulfonamides is 1. The summed E-state index contributed by atoms with van der Waals surface area (Å²) in [6.45, 7) is 4.96. The summed E-state index contributed by atoms with van der Waals surface area (Å²) < 4.78 is 26.9. The molecule has 0 radical (unpaired) electrons. The molecule has 20 heavy (non-hydrogen) atoms. The van der Waals surface area contributed by atoms with Crippen LogP contribution in [0, 0.1) is 17.8 Å². The molecule has 0 aromatic carbocycles. The molecule has 1 heterocycles. The van der Waals surface area contributed by atoms with Crippen LogP contribution in [-0.4, -0.2) is 42.1 Å². The monoisotopic (exact) mass is 303 g/mol. The highest BCUT2D eigenvalue weighted by molar-refractivity contribution is 7.89. The molecule has 1 saturated carbocycles. The number of carboxylic acids is 1. The summed E-state index contributed by atoms with van der Waals surface area (Å²) in [6, 6.07) is 0. The van der Waals surface area contributed by atoms with E-state index in [1.807, 2.05) is 0 Å². The molecule has 116 valence electrons. The highest BCUT2D eigenvalue weighted by Crippen LogP contribution is 2.34. The predicted molar refractivity (Wildman–Crippen MR) is 76.8 cm³/mol. The van der Waals surface area contributed by atoms with Gasteiger partial charge in [-0.25, -0.2) is 12.7 Å². The van der Waals surface area contributed by atoms with Crippen LogP contribution in [0.15, 0.2) is 0 Å². The first-order valence-electron chi connectivity index (χ1n) is 7.52. The average Bonchev–Trinajstić information content (AvgIpc) is 2.37. The number of nitrogens with zero attached hydrogens (tertiary/aromatic N) is 1. The predicted octanol–water partition coefficient (Wildman–Crippen LogP) is 1.94. The van der Waals surface area contributed by atoms with Crippen molar-refractivity contribution in [2.45, 2.75) is 51.2 Å². The van der Waals surface area contributed by atoms with Gasteiger partial charge in [0.15, 0.2) is 0 Å². The molecule has 1 aliphatic carbocycles. The van der Waals surface area contributed by atoms with Crippen LogP contribution in [0.1, 0.15) is 46.0 Å².